The van der Waals surface area contributed by atoms with Crippen molar-refractivity contribution in [1.29, 1.82) is 0 Å². The molecule has 0 radical (unpaired) electrons. The molecule has 4 rings (SSSR count). The van der Waals surface area contributed by atoms with Gasteiger partial charge in [-0.2, -0.15) is 0 Å². The first-order valence-electron chi connectivity index (χ1n) is 6.01. The van der Waals surface area contributed by atoms with Crippen molar-refractivity contribution in [1.82, 2.24) is 4.57 Å². The van der Waals surface area contributed by atoms with Crippen molar-refractivity contribution in [3.05, 3.63) is 32.7 Å². The molecule has 6 heteroatoms. The number of esters is 1. The fraction of sp³-hybridized carbons (Fsp3) is 0.538. The zero-order valence-electron chi connectivity index (χ0n) is 10.7. The molecule has 0 unspecified atom stereocenters. The fourth-order valence-electron chi connectivity index (χ4n) is 3.25. The van der Waals surface area contributed by atoms with Crippen LogP contribution in [0.3, 0.4) is 0 Å². The molecule has 3 fully saturated rings. The van der Waals surface area contributed by atoms with E-state index in [9.17, 15) is 9.59 Å². The smallest absolute Gasteiger partial charge is 0.339 e. The van der Waals surface area contributed by atoms with Crippen LogP contribution in [0.2, 0.25) is 0 Å². The lowest BCUT2D eigenvalue weighted by Crippen LogP contribution is -2.74. The molecule has 0 spiro atoms. The Morgan fingerprint density at radius 2 is 2.00 bits per heavy atom. The number of aromatic nitrogens is 1. The summed E-state index contributed by atoms with van der Waals surface area (Å²) in [5, 5.41) is 0. The molecule has 1 aromatic rings. The summed E-state index contributed by atoms with van der Waals surface area (Å²) in [6, 6.07) is 1.50. The second-order valence-corrected chi connectivity index (χ2v) is 6.24. The third-order valence-corrected chi connectivity index (χ3v) is 4.86. The average Bonchev–Trinajstić information content (AvgIpc) is 2.30. The maximum absolute atomic E-state index is 12.2. The first kappa shape index (κ1) is 12.9. The van der Waals surface area contributed by atoms with E-state index in [1.165, 1.54) is 13.2 Å². The van der Waals surface area contributed by atoms with Crippen molar-refractivity contribution in [2.45, 2.75) is 30.4 Å². The molecule has 3 saturated carbocycles. The summed E-state index contributed by atoms with van der Waals surface area (Å²) in [6.45, 7) is 0. The number of carbonyl (C=O) groups excluding carboxylic acids is 1. The van der Waals surface area contributed by atoms with Crippen molar-refractivity contribution in [3.63, 3.8) is 0 Å². The predicted molar refractivity (Wildman–Crippen MR) is 71.3 cm³/mol. The highest BCUT2D eigenvalue weighted by Crippen LogP contribution is 2.66. The van der Waals surface area contributed by atoms with Crippen LogP contribution in [-0.4, -0.2) is 30.4 Å². The molecule has 102 valence electrons. The summed E-state index contributed by atoms with van der Waals surface area (Å²) in [4.78, 5) is 23.8. The minimum atomic E-state index is -0.442. The molecule has 0 aliphatic heterocycles. The van der Waals surface area contributed by atoms with E-state index in [4.69, 9.17) is 9.47 Å². The van der Waals surface area contributed by atoms with Gasteiger partial charge in [0.05, 0.1) is 28.3 Å². The minimum absolute atomic E-state index is 0.0484. The Labute approximate surface area is 118 Å². The highest BCUT2D eigenvalue weighted by Gasteiger charge is 2.70. The maximum Gasteiger partial charge on any atom is 0.339 e. The van der Waals surface area contributed by atoms with Gasteiger partial charge in [0.15, 0.2) is 0 Å². The van der Waals surface area contributed by atoms with Crippen LogP contribution in [0.5, 0.6) is 0 Å². The van der Waals surface area contributed by atoms with E-state index >= 15 is 0 Å². The van der Waals surface area contributed by atoms with E-state index in [1.54, 1.807) is 17.9 Å². The zero-order valence-corrected chi connectivity index (χ0v) is 12.3. The van der Waals surface area contributed by atoms with Crippen molar-refractivity contribution in [3.8, 4) is 0 Å². The van der Waals surface area contributed by atoms with Gasteiger partial charge in [0.1, 0.15) is 0 Å². The molecule has 5 nitrogen and oxygen atoms in total. The Hall–Kier alpha value is -1.14. The number of nitrogens with zero attached hydrogens (tertiary/aromatic N) is 1. The lowest BCUT2D eigenvalue weighted by Gasteiger charge is -2.69. The van der Waals surface area contributed by atoms with Gasteiger partial charge < -0.3 is 14.0 Å². The number of pyridine rings is 1. The lowest BCUT2D eigenvalue weighted by molar-refractivity contribution is -0.262. The van der Waals surface area contributed by atoms with E-state index in [2.05, 4.69) is 15.9 Å². The quantitative estimate of drug-likeness (QED) is 0.792. The highest BCUT2D eigenvalue weighted by molar-refractivity contribution is 9.10. The van der Waals surface area contributed by atoms with E-state index in [0.717, 1.165) is 19.3 Å². The first-order valence-corrected chi connectivity index (χ1v) is 6.81. The Morgan fingerprint density at radius 3 is 2.53 bits per heavy atom. The van der Waals surface area contributed by atoms with Crippen molar-refractivity contribution in [2.24, 2.45) is 0 Å². The van der Waals surface area contributed by atoms with E-state index < -0.39 is 5.97 Å². The molecule has 2 bridgehead atoms. The molecule has 3 aliphatic carbocycles. The van der Waals surface area contributed by atoms with Gasteiger partial charge in [0.2, 0.25) is 0 Å². The minimum Gasteiger partial charge on any atom is -0.465 e. The number of hydrogen-bond acceptors (Lipinski definition) is 4. The van der Waals surface area contributed by atoms with E-state index in [0.29, 0.717) is 10.0 Å². The normalized spacial score (nSPS) is 31.3. The van der Waals surface area contributed by atoms with Crippen LogP contribution >= 0.6 is 15.9 Å². The Morgan fingerprint density at radius 1 is 1.37 bits per heavy atom. The Kier molecular flexibility index (Phi) is 2.66. The second-order valence-electron chi connectivity index (χ2n) is 5.39. The topological polar surface area (TPSA) is 57.5 Å². The summed E-state index contributed by atoms with van der Waals surface area (Å²) >= 11 is 3.22. The van der Waals surface area contributed by atoms with Gasteiger partial charge in [-0.05, 0) is 22.0 Å². The molecule has 0 atom stereocenters. The van der Waals surface area contributed by atoms with Crippen LogP contribution in [-0.2, 0) is 15.0 Å². The van der Waals surface area contributed by atoms with Gasteiger partial charge in [-0.1, -0.05) is 0 Å². The number of hydrogen-bond donors (Lipinski definition) is 0. The second kappa shape index (κ2) is 3.93. The number of halogens is 1. The standard InChI is InChI=1S/C13H14BrNO4/c1-18-11(17)8-3-9(14)10(16)15(4-8)12-5-13(6-12,7-12)19-2/h3-4H,5-7H2,1-2H3. The number of rotatable bonds is 3. The first-order chi connectivity index (χ1) is 8.95. The van der Waals surface area contributed by atoms with Crippen molar-refractivity contribution < 1.29 is 14.3 Å². The van der Waals surface area contributed by atoms with Gasteiger partial charge in [0, 0.05) is 32.6 Å². The molecule has 1 heterocycles. The largest absolute Gasteiger partial charge is 0.465 e. The van der Waals surface area contributed by atoms with Gasteiger partial charge in [-0.25, -0.2) is 4.79 Å². The monoisotopic (exact) mass is 327 g/mol. The molecule has 0 N–H and O–H groups in total. The predicted octanol–water partition coefficient (Wildman–Crippen LogP) is 1.68. The van der Waals surface area contributed by atoms with Crippen LogP contribution in [0, 0.1) is 0 Å². The third kappa shape index (κ3) is 1.63. The molecule has 3 aliphatic rings. The summed E-state index contributed by atoms with van der Waals surface area (Å²) in [5.41, 5.74) is 0.0366. The van der Waals surface area contributed by atoms with Crippen LogP contribution in [0.15, 0.2) is 21.5 Å². The summed E-state index contributed by atoms with van der Waals surface area (Å²) < 4.78 is 12.2. The number of carbonyl (C=O) groups is 1. The zero-order chi connectivity index (χ0) is 13.8. The molecular formula is C13H14BrNO4. The Balaban J connectivity index is 2.01. The SMILES string of the molecule is COC(=O)c1cc(Br)c(=O)n(C23CC(OC)(C2)C3)c1. The van der Waals surface area contributed by atoms with Crippen LogP contribution in [0.25, 0.3) is 0 Å². The number of methoxy groups -OCH3 is 2. The van der Waals surface area contributed by atoms with Crippen LogP contribution in [0.1, 0.15) is 29.6 Å². The van der Waals surface area contributed by atoms with Crippen LogP contribution < -0.4 is 5.56 Å². The summed E-state index contributed by atoms with van der Waals surface area (Å²) in [5.74, 6) is -0.442. The van der Waals surface area contributed by atoms with Gasteiger partial charge in [0.25, 0.3) is 5.56 Å². The van der Waals surface area contributed by atoms with Crippen LogP contribution in [0.4, 0.5) is 0 Å². The molecule has 0 amide bonds. The summed E-state index contributed by atoms with van der Waals surface area (Å²) in [6.07, 6.45) is 4.08. The van der Waals surface area contributed by atoms with Crippen molar-refractivity contribution in [2.75, 3.05) is 14.2 Å². The third-order valence-electron chi connectivity index (χ3n) is 4.29. The van der Waals surface area contributed by atoms with E-state index in [-0.39, 0.29) is 16.7 Å². The summed E-state index contributed by atoms with van der Waals surface area (Å²) in [7, 11) is 3.03. The molecule has 0 aromatic carbocycles. The Bertz CT molecular complexity index is 602. The average molecular weight is 328 g/mol. The van der Waals surface area contributed by atoms with Gasteiger partial charge in [-0.15, -0.1) is 0 Å². The molecule has 19 heavy (non-hydrogen) atoms. The lowest BCUT2D eigenvalue weighted by atomic mass is 9.46. The highest BCUT2D eigenvalue weighted by atomic mass is 79.9. The maximum atomic E-state index is 12.2. The molecular weight excluding hydrogens is 314 g/mol. The molecule has 1 aromatic heterocycles. The number of ether oxygens (including phenoxy) is 2. The van der Waals surface area contributed by atoms with Crippen molar-refractivity contribution >= 4 is 21.9 Å². The van der Waals surface area contributed by atoms with E-state index in [1.807, 2.05) is 0 Å². The fourth-order valence-corrected chi connectivity index (χ4v) is 3.68. The molecule has 0 saturated heterocycles. The van der Waals surface area contributed by atoms with Gasteiger partial charge >= 0.3 is 5.97 Å². The van der Waals surface area contributed by atoms with Gasteiger partial charge in [-0.3, -0.25) is 4.79 Å².